The minimum absolute atomic E-state index is 0.0431. The van der Waals surface area contributed by atoms with Crippen LogP contribution in [0.2, 0.25) is 5.22 Å². The highest BCUT2D eigenvalue weighted by molar-refractivity contribution is 6.32. The van der Waals surface area contributed by atoms with E-state index in [4.69, 9.17) is 16.0 Å². The fraction of sp³-hybridized carbons (Fsp3) is 0.643. The maximum atomic E-state index is 12.3. The molecule has 0 spiro atoms. The molecular weight excluding hydrogens is 250 g/mol. The average molecular weight is 270 g/mol. The summed E-state index contributed by atoms with van der Waals surface area (Å²) in [5.41, 5.74) is 0.872. The van der Waals surface area contributed by atoms with E-state index in [0.29, 0.717) is 17.0 Å². The van der Waals surface area contributed by atoms with E-state index in [1.54, 1.807) is 6.07 Å². The van der Waals surface area contributed by atoms with E-state index in [0.717, 1.165) is 25.7 Å². The van der Waals surface area contributed by atoms with Crippen LogP contribution in [-0.4, -0.2) is 23.9 Å². The number of hydrogen-bond acceptors (Lipinski definition) is 2. The summed E-state index contributed by atoms with van der Waals surface area (Å²) in [5.74, 6) is -0.0431. The van der Waals surface area contributed by atoms with Gasteiger partial charge in [0.15, 0.2) is 0 Å². The molecule has 0 saturated heterocycles. The summed E-state index contributed by atoms with van der Waals surface area (Å²) in [6, 6.07) is 1.95. The molecule has 1 aromatic rings. The number of amides is 1. The van der Waals surface area contributed by atoms with Crippen molar-refractivity contribution < 1.29 is 9.21 Å². The molecule has 4 heteroatoms. The van der Waals surface area contributed by atoms with Crippen molar-refractivity contribution >= 4 is 17.5 Å². The van der Waals surface area contributed by atoms with Gasteiger partial charge in [-0.15, -0.1) is 0 Å². The summed E-state index contributed by atoms with van der Waals surface area (Å²) in [7, 11) is 1.86. The van der Waals surface area contributed by atoms with Gasteiger partial charge in [0.2, 0.25) is 5.22 Å². The number of nitrogens with zero attached hydrogens (tertiary/aromatic N) is 1. The lowest BCUT2D eigenvalue weighted by Gasteiger charge is -2.38. The minimum Gasteiger partial charge on any atom is -0.452 e. The highest BCUT2D eigenvalue weighted by Gasteiger charge is 2.31. The molecule has 1 aliphatic carbocycles. The number of halogens is 1. The Morgan fingerprint density at radius 1 is 1.44 bits per heavy atom. The smallest absolute Gasteiger partial charge is 0.258 e. The third-order valence-electron chi connectivity index (χ3n) is 4.03. The summed E-state index contributed by atoms with van der Waals surface area (Å²) in [5, 5.41) is 0.183. The normalized spacial score (nSPS) is 19.8. The first-order valence-corrected chi connectivity index (χ1v) is 6.79. The van der Waals surface area contributed by atoms with Crippen LogP contribution in [0, 0.1) is 5.41 Å². The number of furan rings is 1. The van der Waals surface area contributed by atoms with Crippen LogP contribution in [0.25, 0.3) is 0 Å². The lowest BCUT2D eigenvalue weighted by atomic mass is 9.75. The zero-order valence-corrected chi connectivity index (χ0v) is 12.0. The Morgan fingerprint density at radius 2 is 2.06 bits per heavy atom. The molecular formula is C14H20ClNO2. The Bertz CT molecular complexity index is 429. The van der Waals surface area contributed by atoms with Crippen molar-refractivity contribution in [3.05, 3.63) is 23.1 Å². The quantitative estimate of drug-likeness (QED) is 0.814. The van der Waals surface area contributed by atoms with Crippen molar-refractivity contribution in [3.63, 3.8) is 0 Å². The van der Waals surface area contributed by atoms with Crippen molar-refractivity contribution in [2.24, 2.45) is 5.41 Å². The van der Waals surface area contributed by atoms with Crippen LogP contribution in [0.1, 0.15) is 49.9 Å². The summed E-state index contributed by atoms with van der Waals surface area (Å²) in [6.07, 6.45) is 5.89. The van der Waals surface area contributed by atoms with E-state index in [1.165, 1.54) is 6.26 Å². The molecule has 1 aromatic heterocycles. The van der Waals surface area contributed by atoms with Gasteiger partial charge in [0, 0.05) is 13.1 Å². The Kier molecular flexibility index (Phi) is 3.71. The second kappa shape index (κ2) is 4.96. The number of carbonyl (C=O) groups is 1. The van der Waals surface area contributed by atoms with Crippen LogP contribution in [0.5, 0.6) is 0 Å². The standard InChI is InChI=1S/C14H20ClNO2/c1-14(2)7-4-10(5-8-14)16(3)13(17)11-6-9-18-12(11)15/h6,9-10H,4-5,7-8H2,1-3H3. The summed E-state index contributed by atoms with van der Waals surface area (Å²) < 4.78 is 4.97. The van der Waals surface area contributed by atoms with Crippen molar-refractivity contribution in [2.75, 3.05) is 7.05 Å². The molecule has 1 saturated carbocycles. The molecule has 1 heterocycles. The summed E-state index contributed by atoms with van der Waals surface area (Å²) in [4.78, 5) is 14.1. The molecule has 1 aliphatic rings. The van der Waals surface area contributed by atoms with Gasteiger partial charge in [-0.05, 0) is 48.8 Å². The molecule has 0 bridgehead atoms. The second-order valence-corrected chi connectivity index (χ2v) is 6.26. The first-order chi connectivity index (χ1) is 8.41. The van der Waals surface area contributed by atoms with Crippen LogP contribution >= 0.6 is 11.6 Å². The first kappa shape index (κ1) is 13.5. The van der Waals surface area contributed by atoms with Crippen molar-refractivity contribution in [3.8, 4) is 0 Å². The molecule has 18 heavy (non-hydrogen) atoms. The predicted molar refractivity (Wildman–Crippen MR) is 71.8 cm³/mol. The largest absolute Gasteiger partial charge is 0.452 e. The molecule has 0 unspecified atom stereocenters. The third kappa shape index (κ3) is 2.72. The maximum Gasteiger partial charge on any atom is 0.258 e. The van der Waals surface area contributed by atoms with Gasteiger partial charge >= 0.3 is 0 Å². The highest BCUT2D eigenvalue weighted by Crippen LogP contribution is 2.37. The van der Waals surface area contributed by atoms with Gasteiger partial charge in [-0.1, -0.05) is 13.8 Å². The first-order valence-electron chi connectivity index (χ1n) is 6.41. The average Bonchev–Trinajstić information content (AvgIpc) is 2.73. The second-order valence-electron chi connectivity index (χ2n) is 5.92. The fourth-order valence-corrected chi connectivity index (χ4v) is 2.77. The van der Waals surface area contributed by atoms with E-state index < -0.39 is 0 Å². The zero-order chi connectivity index (χ0) is 13.3. The van der Waals surface area contributed by atoms with E-state index in [-0.39, 0.29) is 11.1 Å². The van der Waals surface area contributed by atoms with Gasteiger partial charge in [-0.25, -0.2) is 0 Å². The van der Waals surface area contributed by atoms with E-state index in [1.807, 2.05) is 11.9 Å². The Morgan fingerprint density at radius 3 is 2.56 bits per heavy atom. The van der Waals surface area contributed by atoms with Gasteiger partial charge in [0.25, 0.3) is 5.91 Å². The predicted octanol–water partition coefficient (Wildman–Crippen LogP) is 3.97. The number of hydrogen-bond donors (Lipinski definition) is 0. The lowest BCUT2D eigenvalue weighted by molar-refractivity contribution is 0.0635. The molecule has 3 nitrogen and oxygen atoms in total. The summed E-state index contributed by atoms with van der Waals surface area (Å²) in [6.45, 7) is 4.58. The van der Waals surface area contributed by atoms with Gasteiger partial charge in [-0.3, -0.25) is 4.79 Å². The third-order valence-corrected chi connectivity index (χ3v) is 4.32. The molecule has 100 valence electrons. The lowest BCUT2D eigenvalue weighted by Crippen LogP contribution is -2.40. The molecule has 2 rings (SSSR count). The molecule has 1 amide bonds. The summed E-state index contributed by atoms with van der Waals surface area (Å²) >= 11 is 5.85. The molecule has 0 aliphatic heterocycles. The fourth-order valence-electron chi connectivity index (χ4n) is 2.57. The number of carbonyl (C=O) groups excluding carboxylic acids is 1. The van der Waals surface area contributed by atoms with Crippen molar-refractivity contribution in [2.45, 2.75) is 45.6 Å². The Balaban J connectivity index is 2.02. The topological polar surface area (TPSA) is 33.5 Å². The molecule has 0 N–H and O–H groups in total. The van der Waals surface area contributed by atoms with Crippen LogP contribution in [0.4, 0.5) is 0 Å². The highest BCUT2D eigenvalue weighted by atomic mass is 35.5. The zero-order valence-electron chi connectivity index (χ0n) is 11.2. The number of rotatable bonds is 2. The van der Waals surface area contributed by atoms with Crippen LogP contribution in [0.15, 0.2) is 16.7 Å². The SMILES string of the molecule is CN(C(=O)c1ccoc1Cl)C1CCC(C)(C)CC1. The van der Waals surface area contributed by atoms with Gasteiger partial charge in [0.1, 0.15) is 0 Å². The van der Waals surface area contributed by atoms with Crippen LogP contribution in [0.3, 0.4) is 0 Å². The molecule has 0 radical (unpaired) electrons. The molecule has 0 atom stereocenters. The molecule has 1 fully saturated rings. The van der Waals surface area contributed by atoms with Crippen LogP contribution in [-0.2, 0) is 0 Å². The Labute approximate surface area is 113 Å². The van der Waals surface area contributed by atoms with Crippen LogP contribution < -0.4 is 0 Å². The van der Waals surface area contributed by atoms with E-state index in [9.17, 15) is 4.79 Å². The Hall–Kier alpha value is -0.960. The van der Waals surface area contributed by atoms with Gasteiger partial charge in [-0.2, -0.15) is 0 Å². The maximum absolute atomic E-state index is 12.3. The van der Waals surface area contributed by atoms with E-state index >= 15 is 0 Å². The molecule has 0 aromatic carbocycles. The van der Waals surface area contributed by atoms with Crippen molar-refractivity contribution in [1.82, 2.24) is 4.90 Å². The van der Waals surface area contributed by atoms with Gasteiger partial charge < -0.3 is 9.32 Å². The van der Waals surface area contributed by atoms with Crippen molar-refractivity contribution in [1.29, 1.82) is 0 Å². The minimum atomic E-state index is -0.0431. The van der Waals surface area contributed by atoms with Gasteiger partial charge in [0.05, 0.1) is 11.8 Å². The van der Waals surface area contributed by atoms with E-state index in [2.05, 4.69) is 13.8 Å². The monoisotopic (exact) mass is 269 g/mol.